The van der Waals surface area contributed by atoms with Crippen molar-refractivity contribution in [1.29, 1.82) is 0 Å². The predicted octanol–water partition coefficient (Wildman–Crippen LogP) is 2.39. The van der Waals surface area contributed by atoms with Gasteiger partial charge in [0.05, 0.1) is 41.8 Å². The molecule has 0 unspecified atom stereocenters. The number of rotatable bonds is 5. The minimum atomic E-state index is -0.503. The van der Waals surface area contributed by atoms with Crippen LogP contribution in [0.5, 0.6) is 17.2 Å². The fraction of sp³-hybridized carbons (Fsp3) is 0.158. The lowest BCUT2D eigenvalue weighted by atomic mass is 10.1. The van der Waals surface area contributed by atoms with E-state index in [4.69, 9.17) is 14.2 Å². The lowest BCUT2D eigenvalue weighted by molar-refractivity contribution is -0.384. The summed E-state index contributed by atoms with van der Waals surface area (Å²) in [6.07, 6.45) is 1.67. The standard InChI is InChI=1S/C19H15N3O6S/c1-26-14-9-16(28-3)15(27-2)6-10(14)7-17-18(23)21-13-8-11(22(24)25)4-5-12(13)20-19(21)29-17/h4-9H,1-3H3/b17-7-. The van der Waals surface area contributed by atoms with E-state index in [9.17, 15) is 14.9 Å². The Kier molecular flexibility index (Phi) is 4.55. The van der Waals surface area contributed by atoms with Crippen LogP contribution in [0.4, 0.5) is 5.69 Å². The molecule has 4 aromatic rings. The van der Waals surface area contributed by atoms with Gasteiger partial charge in [-0.05, 0) is 18.2 Å². The number of hydrogen-bond donors (Lipinski definition) is 0. The second kappa shape index (κ2) is 7.06. The number of thiazole rings is 1. The maximum Gasteiger partial charge on any atom is 0.274 e. The zero-order valence-electron chi connectivity index (χ0n) is 15.7. The van der Waals surface area contributed by atoms with Crippen LogP contribution in [-0.4, -0.2) is 35.6 Å². The number of methoxy groups -OCH3 is 3. The molecule has 148 valence electrons. The zero-order valence-corrected chi connectivity index (χ0v) is 16.5. The van der Waals surface area contributed by atoms with Crippen LogP contribution in [0, 0.1) is 10.1 Å². The van der Waals surface area contributed by atoms with E-state index >= 15 is 0 Å². The number of ether oxygens (including phenoxy) is 3. The average molecular weight is 413 g/mol. The molecule has 0 aliphatic rings. The van der Waals surface area contributed by atoms with E-state index < -0.39 is 4.92 Å². The number of hydrogen-bond acceptors (Lipinski definition) is 8. The third-order valence-corrected chi connectivity index (χ3v) is 5.42. The number of fused-ring (bicyclic) bond motifs is 3. The van der Waals surface area contributed by atoms with E-state index in [1.165, 1.54) is 55.3 Å². The van der Waals surface area contributed by atoms with E-state index in [-0.39, 0.29) is 11.2 Å². The number of nitro groups is 1. The SMILES string of the molecule is COc1cc(OC)c(OC)cc1/C=c1\sc2nc3ccc([N+](=O)[O-])cc3n2c1=O. The molecule has 0 saturated heterocycles. The molecule has 0 fully saturated rings. The van der Waals surface area contributed by atoms with Gasteiger partial charge in [-0.25, -0.2) is 9.38 Å². The summed E-state index contributed by atoms with van der Waals surface area (Å²) in [6.45, 7) is 0. The molecular weight excluding hydrogens is 398 g/mol. The number of imidazole rings is 1. The van der Waals surface area contributed by atoms with Gasteiger partial charge in [0.2, 0.25) is 0 Å². The molecular formula is C19H15N3O6S. The smallest absolute Gasteiger partial charge is 0.274 e. The Morgan fingerprint density at radius 1 is 1.07 bits per heavy atom. The number of benzene rings is 2. The number of aromatic nitrogens is 2. The predicted molar refractivity (Wildman–Crippen MR) is 108 cm³/mol. The lowest BCUT2D eigenvalue weighted by Gasteiger charge is -2.11. The van der Waals surface area contributed by atoms with Gasteiger partial charge in [0.1, 0.15) is 5.75 Å². The maximum absolute atomic E-state index is 13.0. The van der Waals surface area contributed by atoms with Gasteiger partial charge in [-0.15, -0.1) is 0 Å². The van der Waals surface area contributed by atoms with Crippen molar-refractivity contribution in [3.63, 3.8) is 0 Å². The van der Waals surface area contributed by atoms with Crippen molar-refractivity contribution in [2.45, 2.75) is 0 Å². The van der Waals surface area contributed by atoms with E-state index in [0.717, 1.165) is 0 Å². The Morgan fingerprint density at radius 2 is 1.76 bits per heavy atom. The monoisotopic (exact) mass is 413 g/mol. The van der Waals surface area contributed by atoms with Crippen molar-refractivity contribution in [3.05, 3.63) is 60.9 Å². The Bertz CT molecular complexity index is 1370. The molecule has 0 atom stereocenters. The van der Waals surface area contributed by atoms with Gasteiger partial charge in [-0.2, -0.15) is 0 Å². The highest BCUT2D eigenvalue weighted by Gasteiger charge is 2.16. The topological polar surface area (TPSA) is 105 Å². The molecule has 0 saturated carbocycles. The van der Waals surface area contributed by atoms with Crippen molar-refractivity contribution in [3.8, 4) is 17.2 Å². The molecule has 10 heteroatoms. The first kappa shape index (κ1) is 18.7. The molecule has 4 rings (SSSR count). The average Bonchev–Trinajstić information content (AvgIpc) is 3.23. The van der Waals surface area contributed by atoms with Crippen LogP contribution in [0.2, 0.25) is 0 Å². The van der Waals surface area contributed by atoms with Crippen molar-refractivity contribution < 1.29 is 19.1 Å². The second-order valence-electron chi connectivity index (χ2n) is 6.02. The van der Waals surface area contributed by atoms with Gasteiger partial charge in [0.15, 0.2) is 16.5 Å². The summed E-state index contributed by atoms with van der Waals surface area (Å²) in [7, 11) is 4.56. The molecule has 0 spiro atoms. The van der Waals surface area contributed by atoms with Crippen LogP contribution in [-0.2, 0) is 0 Å². The minimum absolute atomic E-state index is 0.100. The second-order valence-corrected chi connectivity index (χ2v) is 7.03. The molecule has 0 N–H and O–H groups in total. The third-order valence-electron chi connectivity index (χ3n) is 4.46. The highest BCUT2D eigenvalue weighted by Crippen LogP contribution is 2.35. The summed E-state index contributed by atoms with van der Waals surface area (Å²) < 4.78 is 17.8. The molecule has 29 heavy (non-hydrogen) atoms. The van der Waals surface area contributed by atoms with E-state index in [0.29, 0.717) is 43.3 Å². The molecule has 2 heterocycles. The summed E-state index contributed by atoms with van der Waals surface area (Å²) >= 11 is 1.19. The fourth-order valence-electron chi connectivity index (χ4n) is 3.07. The molecule has 0 radical (unpaired) electrons. The summed E-state index contributed by atoms with van der Waals surface area (Å²) in [4.78, 5) is 28.4. The quantitative estimate of drug-likeness (QED) is 0.365. The van der Waals surface area contributed by atoms with Crippen LogP contribution in [0.15, 0.2) is 35.1 Å². The Labute approximate surface area is 167 Å². The highest BCUT2D eigenvalue weighted by molar-refractivity contribution is 7.15. The van der Waals surface area contributed by atoms with Crippen LogP contribution in [0.1, 0.15) is 5.56 Å². The number of nitrogens with zero attached hydrogens (tertiary/aromatic N) is 3. The normalized spacial score (nSPS) is 11.9. The van der Waals surface area contributed by atoms with Gasteiger partial charge >= 0.3 is 0 Å². The zero-order chi connectivity index (χ0) is 20.7. The Balaban J connectivity index is 1.96. The Morgan fingerprint density at radius 3 is 2.41 bits per heavy atom. The third kappa shape index (κ3) is 3.03. The van der Waals surface area contributed by atoms with Gasteiger partial charge in [-0.1, -0.05) is 11.3 Å². The molecule has 0 aliphatic heterocycles. The van der Waals surface area contributed by atoms with Crippen LogP contribution in [0.3, 0.4) is 0 Å². The molecule has 2 aromatic carbocycles. The van der Waals surface area contributed by atoms with E-state index in [2.05, 4.69) is 4.98 Å². The fourth-order valence-corrected chi connectivity index (χ4v) is 4.05. The minimum Gasteiger partial charge on any atom is -0.496 e. The van der Waals surface area contributed by atoms with E-state index in [1.807, 2.05) is 0 Å². The van der Waals surface area contributed by atoms with Crippen LogP contribution < -0.4 is 24.3 Å². The molecule has 0 amide bonds. The van der Waals surface area contributed by atoms with Crippen molar-refractivity contribution in [1.82, 2.24) is 9.38 Å². The van der Waals surface area contributed by atoms with Gasteiger partial charge < -0.3 is 14.2 Å². The van der Waals surface area contributed by atoms with Gasteiger partial charge in [0.25, 0.3) is 11.2 Å². The number of non-ortho nitro benzene ring substituents is 1. The molecule has 0 bridgehead atoms. The van der Waals surface area contributed by atoms with Gasteiger partial charge in [0, 0.05) is 23.8 Å². The molecule has 9 nitrogen and oxygen atoms in total. The summed E-state index contributed by atoms with van der Waals surface area (Å²) in [5, 5.41) is 11.1. The van der Waals surface area contributed by atoms with Crippen molar-refractivity contribution >= 4 is 39.1 Å². The first-order chi connectivity index (χ1) is 14.0. The molecule has 0 aliphatic carbocycles. The van der Waals surface area contributed by atoms with Crippen LogP contribution in [0.25, 0.3) is 22.1 Å². The number of nitro benzene ring substituents is 1. The molecule has 2 aromatic heterocycles. The first-order valence-electron chi connectivity index (χ1n) is 8.38. The lowest BCUT2D eigenvalue weighted by Crippen LogP contribution is -2.22. The maximum atomic E-state index is 13.0. The van der Waals surface area contributed by atoms with Crippen molar-refractivity contribution in [2.24, 2.45) is 0 Å². The van der Waals surface area contributed by atoms with Crippen LogP contribution >= 0.6 is 11.3 Å². The summed E-state index contributed by atoms with van der Waals surface area (Å²) in [5.74, 6) is 1.51. The summed E-state index contributed by atoms with van der Waals surface area (Å²) in [5.41, 5.74) is 1.13. The highest BCUT2D eigenvalue weighted by atomic mass is 32.1. The Hall–Kier alpha value is -3.66. The largest absolute Gasteiger partial charge is 0.496 e. The van der Waals surface area contributed by atoms with E-state index in [1.54, 1.807) is 18.2 Å². The van der Waals surface area contributed by atoms with Gasteiger partial charge in [-0.3, -0.25) is 14.9 Å². The summed E-state index contributed by atoms with van der Waals surface area (Å²) in [6, 6.07) is 7.64. The van der Waals surface area contributed by atoms with Crippen molar-refractivity contribution in [2.75, 3.05) is 21.3 Å². The first-order valence-corrected chi connectivity index (χ1v) is 9.19.